The Hall–Kier alpha value is -7.27. The predicted octanol–water partition coefficient (Wildman–Crippen LogP) is 14.7. The lowest BCUT2D eigenvalue weighted by Gasteiger charge is -2.13. The molecule has 10 aromatic carbocycles. The molecule has 0 N–H and O–H groups in total. The molecule has 0 aliphatic rings. The fraction of sp³-hybridized carbons (Fsp3) is 0. The van der Waals surface area contributed by atoms with E-state index in [2.05, 4.69) is 188 Å². The van der Waals surface area contributed by atoms with Gasteiger partial charge in [-0.2, -0.15) is 0 Å². The molecule has 3 nitrogen and oxygen atoms in total. The van der Waals surface area contributed by atoms with E-state index in [0.717, 1.165) is 27.6 Å². The Balaban J connectivity index is 1.12. The second-order valence-electron chi connectivity index (χ2n) is 14.8. The zero-order chi connectivity index (χ0) is 37.5. The largest absolute Gasteiger partial charge is 0.208 e. The van der Waals surface area contributed by atoms with E-state index in [1.807, 2.05) is 11.3 Å². The molecule has 0 unspecified atom stereocenters. The molecule has 0 amide bonds. The van der Waals surface area contributed by atoms with Crippen molar-refractivity contribution in [2.45, 2.75) is 0 Å². The third-order valence-electron chi connectivity index (χ3n) is 11.4. The summed E-state index contributed by atoms with van der Waals surface area (Å²) in [6.45, 7) is 0. The Morgan fingerprint density at radius 3 is 1.51 bits per heavy atom. The van der Waals surface area contributed by atoms with E-state index in [1.54, 1.807) is 0 Å². The number of hydrogen-bond acceptors (Lipinski definition) is 4. The average Bonchev–Trinajstić information content (AvgIpc) is 3.65. The summed E-state index contributed by atoms with van der Waals surface area (Å²) in [6.07, 6.45) is 0. The molecule has 12 aromatic rings. The molecule has 0 aliphatic carbocycles. The Labute approximate surface area is 332 Å². The molecule has 12 rings (SSSR count). The van der Waals surface area contributed by atoms with Gasteiger partial charge in [0.05, 0.1) is 0 Å². The number of nitrogens with zero attached hydrogens (tertiary/aromatic N) is 3. The topological polar surface area (TPSA) is 38.7 Å². The Kier molecular flexibility index (Phi) is 7.10. The standard InChI is InChI=1S/C53H31N3S/c1-3-12-37-27-41(24-19-32(37)9-1)34-17-22-36(23-18-34)51-54-52(43-26-20-33-10-2-4-13-38(33)28-43)56-53(55-51)46-30-42-25-21-35-11-7-8-16-44(35)48(42)50-49(46)45-29-39-14-5-6-15-40(39)31-47(45)57-50/h1-31H. The average molecular weight is 742 g/mol. The fourth-order valence-electron chi connectivity index (χ4n) is 8.56. The van der Waals surface area contributed by atoms with Gasteiger partial charge in [-0.1, -0.05) is 158 Å². The van der Waals surface area contributed by atoms with Crippen LogP contribution in [-0.2, 0) is 0 Å². The van der Waals surface area contributed by atoms with Crippen molar-refractivity contribution in [3.8, 4) is 45.3 Å². The number of thiophene rings is 1. The van der Waals surface area contributed by atoms with Crippen molar-refractivity contribution < 1.29 is 0 Å². The second-order valence-corrected chi connectivity index (χ2v) is 15.9. The van der Waals surface area contributed by atoms with E-state index in [-0.39, 0.29) is 0 Å². The van der Waals surface area contributed by atoms with E-state index < -0.39 is 0 Å². The van der Waals surface area contributed by atoms with Crippen molar-refractivity contribution in [1.29, 1.82) is 0 Å². The molecular formula is C53H31N3S. The molecule has 0 bridgehead atoms. The van der Waals surface area contributed by atoms with Crippen LogP contribution in [0.5, 0.6) is 0 Å². The highest BCUT2D eigenvalue weighted by molar-refractivity contribution is 7.27. The summed E-state index contributed by atoms with van der Waals surface area (Å²) in [5, 5.41) is 14.6. The smallest absolute Gasteiger partial charge is 0.164 e. The van der Waals surface area contributed by atoms with Crippen molar-refractivity contribution in [3.05, 3.63) is 188 Å². The summed E-state index contributed by atoms with van der Waals surface area (Å²) < 4.78 is 2.50. The van der Waals surface area contributed by atoms with Crippen LogP contribution in [0.1, 0.15) is 0 Å². The summed E-state index contributed by atoms with van der Waals surface area (Å²) in [4.78, 5) is 15.9. The maximum absolute atomic E-state index is 5.36. The molecule has 4 heteroatoms. The summed E-state index contributed by atoms with van der Waals surface area (Å²) in [5.74, 6) is 1.95. The molecule has 0 fully saturated rings. The van der Waals surface area contributed by atoms with Gasteiger partial charge >= 0.3 is 0 Å². The minimum atomic E-state index is 0.643. The molecule has 2 aromatic heterocycles. The van der Waals surface area contributed by atoms with E-state index in [4.69, 9.17) is 15.0 Å². The maximum Gasteiger partial charge on any atom is 0.164 e. The maximum atomic E-state index is 5.36. The van der Waals surface area contributed by atoms with Crippen molar-refractivity contribution in [1.82, 2.24) is 15.0 Å². The van der Waals surface area contributed by atoms with Gasteiger partial charge in [0.1, 0.15) is 0 Å². The highest BCUT2D eigenvalue weighted by atomic mass is 32.1. The highest BCUT2D eigenvalue weighted by Crippen LogP contribution is 2.47. The van der Waals surface area contributed by atoms with Crippen LogP contribution >= 0.6 is 11.3 Å². The van der Waals surface area contributed by atoms with Gasteiger partial charge < -0.3 is 0 Å². The van der Waals surface area contributed by atoms with Crippen molar-refractivity contribution in [2.24, 2.45) is 0 Å². The molecule has 0 aliphatic heterocycles. The lowest BCUT2D eigenvalue weighted by molar-refractivity contribution is 1.08. The van der Waals surface area contributed by atoms with E-state index >= 15 is 0 Å². The van der Waals surface area contributed by atoms with Gasteiger partial charge in [0.25, 0.3) is 0 Å². The number of fused-ring (bicyclic) bond motifs is 10. The van der Waals surface area contributed by atoms with Gasteiger partial charge in [-0.05, 0) is 89.9 Å². The van der Waals surface area contributed by atoms with Gasteiger partial charge in [0, 0.05) is 42.2 Å². The summed E-state index contributed by atoms with van der Waals surface area (Å²) >= 11 is 1.86. The molecule has 57 heavy (non-hydrogen) atoms. The normalized spacial score (nSPS) is 11.9. The fourth-order valence-corrected chi connectivity index (χ4v) is 9.88. The van der Waals surface area contributed by atoms with Crippen LogP contribution in [-0.4, -0.2) is 15.0 Å². The van der Waals surface area contributed by atoms with Crippen LogP contribution in [0.2, 0.25) is 0 Å². The summed E-state index contributed by atoms with van der Waals surface area (Å²) in [6, 6.07) is 67.5. The zero-order valence-electron chi connectivity index (χ0n) is 30.6. The molecule has 0 saturated carbocycles. The van der Waals surface area contributed by atoms with Gasteiger partial charge in [-0.25, -0.2) is 15.0 Å². The van der Waals surface area contributed by atoms with Crippen molar-refractivity contribution in [3.63, 3.8) is 0 Å². The van der Waals surface area contributed by atoms with Gasteiger partial charge in [0.15, 0.2) is 17.5 Å². The first-order valence-electron chi connectivity index (χ1n) is 19.2. The molecule has 0 saturated heterocycles. The molecular weight excluding hydrogens is 711 g/mol. The van der Waals surface area contributed by atoms with Crippen LogP contribution in [0.15, 0.2) is 188 Å². The zero-order valence-corrected chi connectivity index (χ0v) is 31.5. The Morgan fingerprint density at radius 2 is 0.789 bits per heavy atom. The number of rotatable bonds is 4. The number of hydrogen-bond donors (Lipinski definition) is 0. The molecule has 0 radical (unpaired) electrons. The highest BCUT2D eigenvalue weighted by Gasteiger charge is 2.21. The number of aromatic nitrogens is 3. The minimum absolute atomic E-state index is 0.643. The minimum Gasteiger partial charge on any atom is -0.208 e. The van der Waals surface area contributed by atoms with Crippen molar-refractivity contribution in [2.75, 3.05) is 0 Å². The van der Waals surface area contributed by atoms with E-state index in [1.165, 1.54) is 74.2 Å². The predicted molar refractivity (Wildman–Crippen MR) is 242 cm³/mol. The van der Waals surface area contributed by atoms with Crippen LogP contribution < -0.4 is 0 Å². The quantitative estimate of drug-likeness (QED) is 0.169. The first-order valence-corrected chi connectivity index (χ1v) is 20.1. The molecule has 2 heterocycles. The summed E-state index contributed by atoms with van der Waals surface area (Å²) in [5.41, 5.74) is 5.23. The van der Waals surface area contributed by atoms with Gasteiger partial charge in [-0.15, -0.1) is 11.3 Å². The third kappa shape index (κ3) is 5.30. The van der Waals surface area contributed by atoms with Crippen LogP contribution in [0, 0.1) is 0 Å². The second kappa shape index (κ2) is 12.6. The SMILES string of the molecule is c1ccc2cc(-c3ccc(-c4nc(-c5ccc6ccccc6c5)nc(-c5cc6ccc7ccccc7c6c6sc7cc8ccccc8cc7c56)n4)cc3)ccc2c1. The monoisotopic (exact) mass is 741 g/mol. The molecule has 0 spiro atoms. The van der Waals surface area contributed by atoms with Gasteiger partial charge in [-0.3, -0.25) is 0 Å². The van der Waals surface area contributed by atoms with Crippen molar-refractivity contribution >= 4 is 85.4 Å². The van der Waals surface area contributed by atoms with E-state index in [0.29, 0.717) is 17.5 Å². The Morgan fingerprint density at radius 1 is 0.298 bits per heavy atom. The van der Waals surface area contributed by atoms with Crippen LogP contribution in [0.3, 0.4) is 0 Å². The Bertz CT molecular complexity index is 3580. The lowest BCUT2D eigenvalue weighted by Crippen LogP contribution is -2.00. The summed E-state index contributed by atoms with van der Waals surface area (Å²) in [7, 11) is 0. The van der Waals surface area contributed by atoms with Crippen LogP contribution in [0.4, 0.5) is 0 Å². The van der Waals surface area contributed by atoms with E-state index in [9.17, 15) is 0 Å². The first-order chi connectivity index (χ1) is 28.2. The van der Waals surface area contributed by atoms with Gasteiger partial charge in [0.2, 0.25) is 0 Å². The number of benzene rings is 10. The third-order valence-corrected chi connectivity index (χ3v) is 12.6. The van der Waals surface area contributed by atoms with Crippen LogP contribution in [0.25, 0.3) is 119 Å². The molecule has 264 valence electrons. The molecule has 0 atom stereocenters. The lowest BCUT2D eigenvalue weighted by atomic mass is 9.95. The first kappa shape index (κ1) is 32.0.